The normalized spacial score (nSPS) is 16.8. The zero-order valence-electron chi connectivity index (χ0n) is 11.2. The van der Waals surface area contributed by atoms with Crippen LogP contribution in [-0.2, 0) is 6.42 Å². The molecule has 20 heavy (non-hydrogen) atoms. The molecule has 2 aromatic rings. The van der Waals surface area contributed by atoms with Gasteiger partial charge in [-0.15, -0.1) is 0 Å². The summed E-state index contributed by atoms with van der Waals surface area (Å²) < 4.78 is 6.18. The minimum absolute atomic E-state index is 0.297. The molecule has 1 atom stereocenters. The van der Waals surface area contributed by atoms with E-state index in [1.54, 1.807) is 13.2 Å². The van der Waals surface area contributed by atoms with Gasteiger partial charge in [0.15, 0.2) is 0 Å². The van der Waals surface area contributed by atoms with Crippen LogP contribution < -0.4 is 10.1 Å². The zero-order valence-corrected chi connectivity index (χ0v) is 12.8. The molecular weight excluding hydrogens is 318 g/mol. The zero-order chi connectivity index (χ0) is 14.1. The van der Waals surface area contributed by atoms with E-state index in [0.717, 1.165) is 28.8 Å². The smallest absolute Gasteiger partial charge is 0.133 e. The van der Waals surface area contributed by atoms with Gasteiger partial charge in [-0.3, -0.25) is 0 Å². The molecule has 0 radical (unpaired) electrons. The van der Waals surface area contributed by atoms with Crippen LogP contribution in [0, 0.1) is 0 Å². The van der Waals surface area contributed by atoms with Gasteiger partial charge in [0.25, 0.3) is 0 Å². The highest BCUT2D eigenvalue weighted by molar-refractivity contribution is 9.10. The van der Waals surface area contributed by atoms with E-state index in [0.29, 0.717) is 11.8 Å². The molecule has 2 aromatic carbocycles. The van der Waals surface area contributed by atoms with Gasteiger partial charge in [0.2, 0.25) is 0 Å². The van der Waals surface area contributed by atoms with Gasteiger partial charge in [-0.1, -0.05) is 6.07 Å². The second-order valence-corrected chi connectivity index (χ2v) is 5.82. The van der Waals surface area contributed by atoms with Crippen LogP contribution in [0.4, 0.5) is 5.69 Å². The van der Waals surface area contributed by atoms with Crippen LogP contribution in [0.2, 0.25) is 0 Å². The van der Waals surface area contributed by atoms with Gasteiger partial charge in [-0.05, 0) is 70.2 Å². The van der Waals surface area contributed by atoms with Crippen molar-refractivity contribution in [3.8, 4) is 11.5 Å². The lowest BCUT2D eigenvalue weighted by Gasteiger charge is -2.16. The highest BCUT2D eigenvalue weighted by atomic mass is 79.9. The SMILES string of the molecule is COc1ccc(NC2CCc3cc(O)ccc32)cc1Br. The Bertz CT molecular complexity index is 642. The van der Waals surface area contributed by atoms with Crippen molar-refractivity contribution < 1.29 is 9.84 Å². The number of ether oxygens (including phenoxy) is 1. The molecule has 0 heterocycles. The van der Waals surface area contributed by atoms with E-state index in [2.05, 4.69) is 21.2 Å². The molecule has 1 aliphatic carbocycles. The third kappa shape index (κ3) is 2.48. The number of benzene rings is 2. The van der Waals surface area contributed by atoms with Gasteiger partial charge >= 0.3 is 0 Å². The Kier molecular flexibility index (Phi) is 3.57. The first-order valence-corrected chi connectivity index (χ1v) is 7.38. The summed E-state index contributed by atoms with van der Waals surface area (Å²) in [5, 5.41) is 13.1. The molecule has 3 nitrogen and oxygen atoms in total. The van der Waals surface area contributed by atoms with Crippen LogP contribution in [-0.4, -0.2) is 12.2 Å². The Morgan fingerprint density at radius 3 is 2.85 bits per heavy atom. The summed E-state index contributed by atoms with van der Waals surface area (Å²) in [5.41, 5.74) is 3.56. The molecule has 1 aliphatic rings. The van der Waals surface area contributed by atoms with Crippen molar-refractivity contribution in [2.75, 3.05) is 12.4 Å². The molecule has 0 aromatic heterocycles. The van der Waals surface area contributed by atoms with Gasteiger partial charge < -0.3 is 15.2 Å². The number of fused-ring (bicyclic) bond motifs is 1. The molecule has 0 amide bonds. The first-order valence-electron chi connectivity index (χ1n) is 6.59. The van der Waals surface area contributed by atoms with E-state index in [9.17, 15) is 5.11 Å². The molecule has 0 aliphatic heterocycles. The van der Waals surface area contributed by atoms with E-state index < -0.39 is 0 Å². The molecule has 0 fully saturated rings. The molecule has 2 N–H and O–H groups in total. The second-order valence-electron chi connectivity index (χ2n) is 4.97. The number of anilines is 1. The van der Waals surface area contributed by atoms with E-state index in [1.807, 2.05) is 30.3 Å². The first kappa shape index (κ1) is 13.3. The predicted molar refractivity (Wildman–Crippen MR) is 83.5 cm³/mol. The van der Waals surface area contributed by atoms with Crippen LogP contribution in [0.25, 0.3) is 0 Å². The van der Waals surface area contributed by atoms with Gasteiger partial charge in [0.05, 0.1) is 17.6 Å². The molecule has 4 heteroatoms. The van der Waals surface area contributed by atoms with E-state index >= 15 is 0 Å². The van der Waals surface area contributed by atoms with E-state index in [4.69, 9.17) is 4.74 Å². The molecular formula is C16H16BrNO2. The van der Waals surface area contributed by atoms with Crippen LogP contribution in [0.15, 0.2) is 40.9 Å². The van der Waals surface area contributed by atoms with Crippen LogP contribution in [0.1, 0.15) is 23.6 Å². The first-order chi connectivity index (χ1) is 9.67. The number of nitrogens with one attached hydrogen (secondary N) is 1. The molecule has 0 spiro atoms. The number of aromatic hydroxyl groups is 1. The minimum atomic E-state index is 0.297. The van der Waals surface area contributed by atoms with Crippen LogP contribution >= 0.6 is 15.9 Å². The van der Waals surface area contributed by atoms with Gasteiger partial charge in [-0.2, -0.15) is 0 Å². The Hall–Kier alpha value is -1.68. The fourth-order valence-electron chi connectivity index (χ4n) is 2.71. The molecule has 1 unspecified atom stereocenters. The van der Waals surface area contributed by atoms with E-state index in [1.165, 1.54) is 11.1 Å². The number of phenolic OH excluding ortho intramolecular Hbond substituents is 1. The third-order valence-corrected chi connectivity index (χ3v) is 4.32. The number of rotatable bonds is 3. The Morgan fingerprint density at radius 2 is 2.10 bits per heavy atom. The maximum absolute atomic E-state index is 9.53. The average molecular weight is 334 g/mol. The Labute approximate surface area is 126 Å². The highest BCUT2D eigenvalue weighted by Gasteiger charge is 2.22. The summed E-state index contributed by atoms with van der Waals surface area (Å²) >= 11 is 3.50. The lowest BCUT2D eigenvalue weighted by atomic mass is 10.1. The fraction of sp³-hybridized carbons (Fsp3) is 0.250. The van der Waals surface area contributed by atoms with Gasteiger partial charge in [0, 0.05) is 5.69 Å². The quantitative estimate of drug-likeness (QED) is 0.881. The van der Waals surface area contributed by atoms with Crippen molar-refractivity contribution >= 4 is 21.6 Å². The summed E-state index contributed by atoms with van der Waals surface area (Å²) in [5.74, 6) is 1.17. The van der Waals surface area contributed by atoms with Crippen molar-refractivity contribution in [2.24, 2.45) is 0 Å². The number of halogens is 1. The molecule has 0 saturated heterocycles. The number of aryl methyl sites for hydroxylation is 1. The highest BCUT2D eigenvalue weighted by Crippen LogP contribution is 2.37. The van der Waals surface area contributed by atoms with Crippen molar-refractivity contribution in [3.63, 3.8) is 0 Å². The Balaban J connectivity index is 1.82. The lowest BCUT2D eigenvalue weighted by Crippen LogP contribution is -2.07. The standard InChI is InChI=1S/C16H16BrNO2/c1-20-16-7-3-11(9-14(16)17)18-15-6-2-10-8-12(19)4-5-13(10)15/h3-5,7-9,15,18-19H,2,6H2,1H3. The van der Waals surface area contributed by atoms with Crippen molar-refractivity contribution in [1.82, 2.24) is 0 Å². The molecule has 3 rings (SSSR count). The molecule has 0 bridgehead atoms. The summed E-state index contributed by atoms with van der Waals surface area (Å²) in [6.07, 6.45) is 2.04. The Morgan fingerprint density at radius 1 is 1.25 bits per heavy atom. The van der Waals surface area contributed by atoms with Gasteiger partial charge in [-0.25, -0.2) is 0 Å². The van der Waals surface area contributed by atoms with E-state index in [-0.39, 0.29) is 0 Å². The topological polar surface area (TPSA) is 41.5 Å². The van der Waals surface area contributed by atoms with Gasteiger partial charge in [0.1, 0.15) is 11.5 Å². The average Bonchev–Trinajstić information content (AvgIpc) is 2.81. The van der Waals surface area contributed by atoms with Crippen molar-refractivity contribution in [2.45, 2.75) is 18.9 Å². The van der Waals surface area contributed by atoms with Crippen molar-refractivity contribution in [1.29, 1.82) is 0 Å². The fourth-order valence-corrected chi connectivity index (χ4v) is 3.25. The summed E-state index contributed by atoms with van der Waals surface area (Å²) in [6, 6.07) is 11.9. The predicted octanol–water partition coefficient (Wildman–Crippen LogP) is 4.26. The third-order valence-electron chi connectivity index (χ3n) is 3.70. The minimum Gasteiger partial charge on any atom is -0.508 e. The number of methoxy groups -OCH3 is 1. The molecule has 104 valence electrons. The number of phenols is 1. The number of hydrogen-bond donors (Lipinski definition) is 2. The van der Waals surface area contributed by atoms with Crippen molar-refractivity contribution in [3.05, 3.63) is 52.0 Å². The largest absolute Gasteiger partial charge is 0.508 e. The van der Waals surface area contributed by atoms with Crippen LogP contribution in [0.5, 0.6) is 11.5 Å². The monoisotopic (exact) mass is 333 g/mol. The lowest BCUT2D eigenvalue weighted by molar-refractivity contribution is 0.412. The summed E-state index contributed by atoms with van der Waals surface area (Å²) in [4.78, 5) is 0. The number of hydrogen-bond acceptors (Lipinski definition) is 3. The van der Waals surface area contributed by atoms with Crippen LogP contribution in [0.3, 0.4) is 0 Å². The summed E-state index contributed by atoms with van der Waals surface area (Å²) in [7, 11) is 1.66. The second kappa shape index (κ2) is 5.37. The maximum atomic E-state index is 9.53. The molecule has 0 saturated carbocycles. The summed E-state index contributed by atoms with van der Waals surface area (Å²) in [6.45, 7) is 0. The maximum Gasteiger partial charge on any atom is 0.133 e.